The smallest absolute Gasteiger partial charge is 0.266 e. The van der Waals surface area contributed by atoms with Gasteiger partial charge in [-0.15, -0.1) is 0 Å². The topological polar surface area (TPSA) is 71.2 Å². The van der Waals surface area contributed by atoms with Gasteiger partial charge in [0.15, 0.2) is 0 Å². The maximum absolute atomic E-state index is 14.4. The molecule has 1 aromatic carbocycles. The van der Waals surface area contributed by atoms with Crippen LogP contribution in [0, 0.1) is 5.82 Å². The van der Waals surface area contributed by atoms with Gasteiger partial charge in [-0.05, 0) is 33.2 Å². The third-order valence-corrected chi connectivity index (χ3v) is 5.10. The van der Waals surface area contributed by atoms with E-state index in [1.165, 1.54) is 12.4 Å². The minimum absolute atomic E-state index is 0.200. The Balaban J connectivity index is 1.57. The van der Waals surface area contributed by atoms with Gasteiger partial charge in [0.2, 0.25) is 5.89 Å². The predicted octanol–water partition coefficient (Wildman–Crippen LogP) is 3.36. The second-order valence-electron chi connectivity index (χ2n) is 6.51. The summed E-state index contributed by atoms with van der Waals surface area (Å²) in [4.78, 5) is 17.1. The first-order valence-electron chi connectivity index (χ1n) is 8.47. The fourth-order valence-corrected chi connectivity index (χ4v) is 3.47. The fourth-order valence-electron chi connectivity index (χ4n) is 3.03. The van der Waals surface area contributed by atoms with Crippen molar-refractivity contribution in [3.05, 3.63) is 34.6 Å². The molecule has 0 N–H and O–H groups in total. The Morgan fingerprint density at radius 1 is 1.12 bits per heavy atom. The Morgan fingerprint density at radius 3 is 2.54 bits per heavy atom. The number of rotatable bonds is 3. The minimum Gasteiger partial charge on any atom is -0.352 e. The van der Waals surface area contributed by atoms with E-state index in [9.17, 15) is 4.39 Å². The summed E-state index contributed by atoms with van der Waals surface area (Å²) >= 11 is 3.43. The average Bonchev–Trinajstić information content (AvgIpc) is 3.15. The molecule has 1 saturated heterocycles. The SMILES string of the molecule is CC(C)c1nc(N2CCN(c3ncnc4c(Br)ccc(F)c34)CC2)no1. The number of hydrogen-bond acceptors (Lipinski definition) is 7. The molecule has 0 aliphatic carbocycles. The van der Waals surface area contributed by atoms with Gasteiger partial charge in [0.05, 0.1) is 10.9 Å². The molecule has 7 nitrogen and oxygen atoms in total. The molecular formula is C17H18BrFN6O. The first-order valence-corrected chi connectivity index (χ1v) is 9.26. The van der Waals surface area contributed by atoms with Crippen LogP contribution < -0.4 is 9.80 Å². The highest BCUT2D eigenvalue weighted by molar-refractivity contribution is 9.10. The lowest BCUT2D eigenvalue weighted by molar-refractivity contribution is 0.364. The highest BCUT2D eigenvalue weighted by atomic mass is 79.9. The summed E-state index contributed by atoms with van der Waals surface area (Å²) in [5.41, 5.74) is 0.581. The predicted molar refractivity (Wildman–Crippen MR) is 100 cm³/mol. The molecule has 0 atom stereocenters. The van der Waals surface area contributed by atoms with Crippen LogP contribution in [-0.2, 0) is 0 Å². The summed E-state index contributed by atoms with van der Waals surface area (Å²) in [6, 6.07) is 3.09. The Kier molecular flexibility index (Phi) is 4.47. The molecule has 3 aromatic rings. The first-order chi connectivity index (χ1) is 12.5. The molecule has 1 fully saturated rings. The molecule has 136 valence electrons. The maximum atomic E-state index is 14.4. The van der Waals surface area contributed by atoms with Crippen LogP contribution in [0.15, 0.2) is 27.5 Å². The van der Waals surface area contributed by atoms with E-state index in [0.717, 1.165) is 4.47 Å². The maximum Gasteiger partial charge on any atom is 0.266 e. The molecule has 0 saturated carbocycles. The van der Waals surface area contributed by atoms with Gasteiger partial charge in [-0.3, -0.25) is 0 Å². The molecule has 1 aliphatic rings. The van der Waals surface area contributed by atoms with Gasteiger partial charge >= 0.3 is 0 Å². The number of fused-ring (bicyclic) bond motifs is 1. The van der Waals surface area contributed by atoms with Crippen LogP contribution >= 0.6 is 15.9 Å². The number of piperazine rings is 1. The van der Waals surface area contributed by atoms with Gasteiger partial charge in [0.1, 0.15) is 18.0 Å². The van der Waals surface area contributed by atoms with Crippen molar-refractivity contribution in [3.63, 3.8) is 0 Å². The largest absolute Gasteiger partial charge is 0.352 e. The molecule has 2 aromatic heterocycles. The number of benzene rings is 1. The van der Waals surface area contributed by atoms with Gasteiger partial charge in [-0.25, -0.2) is 14.4 Å². The monoisotopic (exact) mass is 420 g/mol. The summed E-state index contributed by atoms with van der Waals surface area (Å²) in [6.07, 6.45) is 1.47. The summed E-state index contributed by atoms with van der Waals surface area (Å²) in [5, 5.41) is 4.51. The third kappa shape index (κ3) is 3.00. The average molecular weight is 421 g/mol. The molecule has 1 aliphatic heterocycles. The highest BCUT2D eigenvalue weighted by Gasteiger charge is 2.24. The fraction of sp³-hybridized carbons (Fsp3) is 0.412. The van der Waals surface area contributed by atoms with Crippen LogP contribution in [0.2, 0.25) is 0 Å². The molecular weight excluding hydrogens is 403 g/mol. The zero-order chi connectivity index (χ0) is 18.3. The molecule has 4 rings (SSSR count). The molecule has 0 bridgehead atoms. The van der Waals surface area contributed by atoms with Crippen LogP contribution in [0.3, 0.4) is 0 Å². The van der Waals surface area contributed by atoms with E-state index in [4.69, 9.17) is 4.52 Å². The summed E-state index contributed by atoms with van der Waals surface area (Å²) in [6.45, 7) is 6.81. The summed E-state index contributed by atoms with van der Waals surface area (Å²) < 4.78 is 20.5. The van der Waals surface area contributed by atoms with E-state index in [0.29, 0.717) is 54.7 Å². The minimum atomic E-state index is -0.319. The molecule has 26 heavy (non-hydrogen) atoms. The van der Waals surface area contributed by atoms with Crippen LogP contribution in [0.1, 0.15) is 25.7 Å². The van der Waals surface area contributed by atoms with Crippen LogP contribution in [0.4, 0.5) is 16.2 Å². The Morgan fingerprint density at radius 2 is 1.85 bits per heavy atom. The molecule has 0 radical (unpaired) electrons. The molecule has 0 amide bonds. The van der Waals surface area contributed by atoms with Gasteiger partial charge in [0, 0.05) is 36.6 Å². The lowest BCUT2D eigenvalue weighted by atomic mass is 10.2. The lowest BCUT2D eigenvalue weighted by Crippen LogP contribution is -2.47. The third-order valence-electron chi connectivity index (χ3n) is 4.46. The number of anilines is 2. The Hall–Kier alpha value is -2.29. The van der Waals surface area contributed by atoms with Crippen molar-refractivity contribution in [3.8, 4) is 0 Å². The second kappa shape index (κ2) is 6.79. The summed E-state index contributed by atoms with van der Waals surface area (Å²) in [5.74, 6) is 1.74. The van der Waals surface area contributed by atoms with Gasteiger partial charge in [0.25, 0.3) is 5.95 Å². The van der Waals surface area contributed by atoms with Crippen LogP contribution in [0.25, 0.3) is 10.9 Å². The van der Waals surface area contributed by atoms with Crippen molar-refractivity contribution in [1.82, 2.24) is 20.1 Å². The van der Waals surface area contributed by atoms with E-state index >= 15 is 0 Å². The summed E-state index contributed by atoms with van der Waals surface area (Å²) in [7, 11) is 0. The zero-order valence-electron chi connectivity index (χ0n) is 14.5. The van der Waals surface area contributed by atoms with E-state index in [1.54, 1.807) is 6.07 Å². The van der Waals surface area contributed by atoms with Gasteiger partial charge < -0.3 is 14.3 Å². The normalized spacial score (nSPS) is 15.3. The zero-order valence-corrected chi connectivity index (χ0v) is 16.1. The van der Waals surface area contributed by atoms with Crippen molar-refractivity contribution in [2.75, 3.05) is 36.0 Å². The van der Waals surface area contributed by atoms with Gasteiger partial charge in [-0.1, -0.05) is 13.8 Å². The van der Waals surface area contributed by atoms with Crippen LogP contribution in [0.5, 0.6) is 0 Å². The second-order valence-corrected chi connectivity index (χ2v) is 7.37. The van der Waals surface area contributed by atoms with Crippen molar-refractivity contribution < 1.29 is 8.91 Å². The van der Waals surface area contributed by atoms with Crippen molar-refractivity contribution >= 4 is 38.6 Å². The standard InChI is InChI=1S/C17H18BrFN6O/c1-10(2)16-22-17(23-26-16)25-7-5-24(6-8-25)15-13-12(19)4-3-11(18)14(13)20-9-21-15/h3-4,9-10H,5-8H2,1-2H3. The van der Waals surface area contributed by atoms with E-state index in [1.807, 2.05) is 13.8 Å². The number of halogens is 2. The number of hydrogen-bond donors (Lipinski definition) is 0. The van der Waals surface area contributed by atoms with E-state index < -0.39 is 0 Å². The van der Waals surface area contributed by atoms with Gasteiger partial charge in [-0.2, -0.15) is 4.98 Å². The van der Waals surface area contributed by atoms with Crippen LogP contribution in [-0.4, -0.2) is 46.3 Å². The van der Waals surface area contributed by atoms with Crippen molar-refractivity contribution in [1.29, 1.82) is 0 Å². The Labute approximate surface area is 158 Å². The molecule has 3 heterocycles. The lowest BCUT2D eigenvalue weighted by Gasteiger charge is -2.35. The Bertz CT molecular complexity index is 938. The molecule has 0 spiro atoms. The van der Waals surface area contributed by atoms with Crippen molar-refractivity contribution in [2.45, 2.75) is 19.8 Å². The quantitative estimate of drug-likeness (QED) is 0.642. The number of aromatic nitrogens is 4. The van der Waals surface area contributed by atoms with E-state index in [-0.39, 0.29) is 11.7 Å². The van der Waals surface area contributed by atoms with Crippen molar-refractivity contribution in [2.24, 2.45) is 0 Å². The van der Waals surface area contributed by atoms with E-state index in [2.05, 4.69) is 45.8 Å². The highest BCUT2D eigenvalue weighted by Crippen LogP contribution is 2.31. The molecule has 0 unspecified atom stereocenters. The first kappa shape index (κ1) is 17.1. The number of nitrogens with zero attached hydrogens (tertiary/aromatic N) is 6. The molecule has 9 heteroatoms.